The van der Waals surface area contributed by atoms with Crippen LogP contribution in [-0.2, 0) is 6.42 Å². The van der Waals surface area contributed by atoms with Gasteiger partial charge in [0.15, 0.2) is 11.6 Å². The van der Waals surface area contributed by atoms with Crippen LogP contribution in [0.5, 0.6) is 5.75 Å². The number of likely N-dealkylation sites (N-methyl/N-ethyl adjacent to an activating group) is 1. The van der Waals surface area contributed by atoms with Gasteiger partial charge in [0.1, 0.15) is 0 Å². The molecule has 18 heavy (non-hydrogen) atoms. The van der Waals surface area contributed by atoms with E-state index in [4.69, 9.17) is 4.74 Å². The molecule has 0 aliphatic carbocycles. The van der Waals surface area contributed by atoms with Crippen molar-refractivity contribution < 1.29 is 9.13 Å². The van der Waals surface area contributed by atoms with E-state index in [1.807, 2.05) is 13.1 Å². The Morgan fingerprint density at radius 3 is 2.39 bits per heavy atom. The molecule has 1 aromatic rings. The smallest absolute Gasteiger partial charge is 0.165 e. The predicted molar refractivity (Wildman–Crippen MR) is 73.5 cm³/mol. The standard InChI is InChI=1S/C15H24FNO/c1-10(2)11(3)14(17-4)9-12-6-7-15(18-5)13(16)8-12/h6-8,10-11,14,17H,9H2,1-5H3. The molecule has 0 bridgehead atoms. The van der Waals surface area contributed by atoms with E-state index in [9.17, 15) is 4.39 Å². The third-order valence-corrected chi connectivity index (χ3v) is 3.73. The Bertz CT molecular complexity index is 379. The summed E-state index contributed by atoms with van der Waals surface area (Å²) in [4.78, 5) is 0. The van der Waals surface area contributed by atoms with E-state index in [0.717, 1.165) is 12.0 Å². The van der Waals surface area contributed by atoms with Crippen LogP contribution in [-0.4, -0.2) is 20.2 Å². The minimum Gasteiger partial charge on any atom is -0.494 e. The molecule has 2 unspecified atom stereocenters. The third kappa shape index (κ3) is 3.70. The zero-order valence-corrected chi connectivity index (χ0v) is 12.0. The van der Waals surface area contributed by atoms with Gasteiger partial charge in [-0.25, -0.2) is 4.39 Å². The largest absolute Gasteiger partial charge is 0.494 e. The maximum atomic E-state index is 13.6. The van der Waals surface area contributed by atoms with Crippen LogP contribution < -0.4 is 10.1 Å². The molecule has 0 aromatic heterocycles. The quantitative estimate of drug-likeness (QED) is 0.840. The van der Waals surface area contributed by atoms with Crippen molar-refractivity contribution in [1.82, 2.24) is 5.32 Å². The van der Waals surface area contributed by atoms with Crippen molar-refractivity contribution in [1.29, 1.82) is 0 Å². The summed E-state index contributed by atoms with van der Waals surface area (Å²) in [5.74, 6) is 1.16. The number of methoxy groups -OCH3 is 1. The molecule has 0 aliphatic rings. The number of nitrogens with one attached hydrogen (secondary N) is 1. The minimum absolute atomic E-state index is 0.290. The summed E-state index contributed by atoms with van der Waals surface area (Å²) in [6, 6.07) is 5.55. The molecule has 0 amide bonds. The normalized spacial score (nSPS) is 14.6. The second-order valence-corrected chi connectivity index (χ2v) is 5.17. The highest BCUT2D eigenvalue weighted by atomic mass is 19.1. The van der Waals surface area contributed by atoms with E-state index in [1.54, 1.807) is 12.1 Å². The number of ether oxygens (including phenoxy) is 1. The molecule has 0 saturated heterocycles. The van der Waals surface area contributed by atoms with Gasteiger partial charge in [-0.3, -0.25) is 0 Å². The van der Waals surface area contributed by atoms with E-state index in [1.165, 1.54) is 7.11 Å². The van der Waals surface area contributed by atoms with Crippen LogP contribution in [0.25, 0.3) is 0 Å². The molecule has 0 aliphatic heterocycles. The maximum Gasteiger partial charge on any atom is 0.165 e. The zero-order chi connectivity index (χ0) is 13.7. The van der Waals surface area contributed by atoms with E-state index in [2.05, 4.69) is 26.1 Å². The molecule has 0 fully saturated rings. The van der Waals surface area contributed by atoms with Gasteiger partial charge in [-0.2, -0.15) is 0 Å². The lowest BCUT2D eigenvalue weighted by molar-refractivity contribution is 0.309. The summed E-state index contributed by atoms with van der Waals surface area (Å²) in [5.41, 5.74) is 1.00. The van der Waals surface area contributed by atoms with Gasteiger partial charge in [-0.05, 0) is 43.0 Å². The lowest BCUT2D eigenvalue weighted by atomic mass is 9.87. The van der Waals surface area contributed by atoms with Crippen LogP contribution in [0.2, 0.25) is 0 Å². The summed E-state index contributed by atoms with van der Waals surface area (Å²) < 4.78 is 18.5. The van der Waals surface area contributed by atoms with Crippen molar-refractivity contribution in [2.45, 2.75) is 33.2 Å². The average molecular weight is 253 g/mol. The Balaban J connectivity index is 2.79. The molecule has 0 radical (unpaired) electrons. The average Bonchev–Trinajstić information content (AvgIpc) is 2.35. The van der Waals surface area contributed by atoms with Crippen LogP contribution in [0.15, 0.2) is 18.2 Å². The molecular formula is C15H24FNO. The Kier molecular flexibility index (Phi) is 5.60. The van der Waals surface area contributed by atoms with Crippen LogP contribution in [0.4, 0.5) is 4.39 Å². The molecule has 2 atom stereocenters. The van der Waals surface area contributed by atoms with Crippen molar-refractivity contribution in [3.63, 3.8) is 0 Å². The van der Waals surface area contributed by atoms with Crippen molar-refractivity contribution in [3.8, 4) is 5.75 Å². The molecule has 3 heteroatoms. The number of hydrogen-bond donors (Lipinski definition) is 1. The fourth-order valence-corrected chi connectivity index (χ4v) is 2.11. The highest BCUT2D eigenvalue weighted by molar-refractivity contribution is 5.29. The second-order valence-electron chi connectivity index (χ2n) is 5.17. The van der Waals surface area contributed by atoms with Crippen LogP contribution >= 0.6 is 0 Å². The van der Waals surface area contributed by atoms with Gasteiger partial charge in [-0.15, -0.1) is 0 Å². The first-order chi connectivity index (χ1) is 8.49. The summed E-state index contributed by atoms with van der Waals surface area (Å²) in [6.45, 7) is 6.65. The number of hydrogen-bond acceptors (Lipinski definition) is 2. The van der Waals surface area contributed by atoms with Crippen molar-refractivity contribution >= 4 is 0 Å². The van der Waals surface area contributed by atoms with Crippen molar-refractivity contribution in [3.05, 3.63) is 29.6 Å². The first-order valence-electron chi connectivity index (χ1n) is 6.49. The highest BCUT2D eigenvalue weighted by Crippen LogP contribution is 2.22. The van der Waals surface area contributed by atoms with Gasteiger partial charge in [0, 0.05) is 6.04 Å². The van der Waals surface area contributed by atoms with Gasteiger partial charge < -0.3 is 10.1 Å². The molecule has 0 heterocycles. The molecule has 1 aromatic carbocycles. The molecule has 1 N–H and O–H groups in total. The Morgan fingerprint density at radius 2 is 1.94 bits per heavy atom. The summed E-state index contributed by atoms with van der Waals surface area (Å²) in [7, 11) is 3.44. The number of rotatable bonds is 6. The number of halogens is 1. The maximum absolute atomic E-state index is 13.6. The van der Waals surface area contributed by atoms with Crippen LogP contribution in [0.3, 0.4) is 0 Å². The monoisotopic (exact) mass is 253 g/mol. The Hall–Kier alpha value is -1.09. The van der Waals surface area contributed by atoms with E-state index < -0.39 is 0 Å². The van der Waals surface area contributed by atoms with Gasteiger partial charge in [-0.1, -0.05) is 26.8 Å². The SMILES string of the molecule is CNC(Cc1ccc(OC)c(F)c1)C(C)C(C)C. The molecular weight excluding hydrogens is 229 g/mol. The molecule has 0 saturated carbocycles. The lowest BCUT2D eigenvalue weighted by Crippen LogP contribution is -2.36. The first-order valence-corrected chi connectivity index (χ1v) is 6.49. The fraction of sp³-hybridized carbons (Fsp3) is 0.600. The summed E-state index contributed by atoms with van der Waals surface area (Å²) in [6.07, 6.45) is 0.830. The predicted octanol–water partition coefficient (Wildman–Crippen LogP) is 3.26. The molecule has 102 valence electrons. The number of benzene rings is 1. The first kappa shape index (κ1) is 15.0. The second kappa shape index (κ2) is 6.74. The Morgan fingerprint density at radius 1 is 1.28 bits per heavy atom. The minimum atomic E-state index is -0.290. The van der Waals surface area contributed by atoms with Gasteiger partial charge in [0.05, 0.1) is 7.11 Å². The van der Waals surface area contributed by atoms with Gasteiger partial charge in [0.2, 0.25) is 0 Å². The van der Waals surface area contributed by atoms with E-state index in [0.29, 0.717) is 23.6 Å². The van der Waals surface area contributed by atoms with Gasteiger partial charge in [0.25, 0.3) is 0 Å². The van der Waals surface area contributed by atoms with Crippen molar-refractivity contribution in [2.24, 2.45) is 11.8 Å². The van der Waals surface area contributed by atoms with Crippen LogP contribution in [0.1, 0.15) is 26.3 Å². The molecule has 0 spiro atoms. The van der Waals surface area contributed by atoms with Gasteiger partial charge >= 0.3 is 0 Å². The van der Waals surface area contributed by atoms with Crippen molar-refractivity contribution in [2.75, 3.05) is 14.2 Å². The summed E-state index contributed by atoms with van der Waals surface area (Å²) >= 11 is 0. The fourth-order valence-electron chi connectivity index (χ4n) is 2.11. The molecule has 2 nitrogen and oxygen atoms in total. The van der Waals surface area contributed by atoms with E-state index >= 15 is 0 Å². The summed E-state index contributed by atoms with van der Waals surface area (Å²) in [5, 5.41) is 3.33. The highest BCUT2D eigenvalue weighted by Gasteiger charge is 2.19. The lowest BCUT2D eigenvalue weighted by Gasteiger charge is -2.26. The molecule has 1 rings (SSSR count). The topological polar surface area (TPSA) is 21.3 Å². The third-order valence-electron chi connectivity index (χ3n) is 3.73. The van der Waals surface area contributed by atoms with Crippen LogP contribution in [0, 0.1) is 17.7 Å². The van der Waals surface area contributed by atoms with E-state index in [-0.39, 0.29) is 5.82 Å². The zero-order valence-electron chi connectivity index (χ0n) is 12.0. The Labute approximate surface area is 110 Å².